The lowest BCUT2D eigenvalue weighted by Gasteiger charge is -2.36. The SMILES string of the molecule is Cc1cc(NC(=O)Nc2cnc3ccnn3c2C(C)C)cnc1-c1nnc(CCCCC(=O)N2CCN(c3ccc4c(c3)CN(C3CCC(=O)NC3=O)C4=O)CC2)s1. The van der Waals surface area contributed by atoms with Crippen LogP contribution >= 0.6 is 11.3 Å². The number of unbranched alkanes of at least 4 members (excludes halogenated alkanes) is 1. The van der Waals surface area contributed by atoms with Gasteiger partial charge in [-0.3, -0.25) is 29.5 Å². The number of rotatable bonds is 11. The number of hydrogen-bond donors (Lipinski definition) is 3. The van der Waals surface area contributed by atoms with Gasteiger partial charge in [-0.1, -0.05) is 25.2 Å². The van der Waals surface area contributed by atoms with Crippen molar-refractivity contribution in [2.24, 2.45) is 0 Å². The molecule has 3 aliphatic rings. The van der Waals surface area contributed by atoms with E-state index in [4.69, 9.17) is 0 Å². The van der Waals surface area contributed by atoms with Gasteiger partial charge in [0.1, 0.15) is 16.7 Å². The normalized spacial score (nSPS) is 16.9. The standard InChI is InChI=1S/C40H44N12O5S/c1-23(2)36-29(21-41-31-12-13-43-52(31)36)45-40(57)44-26-18-24(3)35(42-20-26)38-48-47-33(58-38)6-4-5-7-34(54)50-16-14-49(15-17-50)27-8-9-28-25(19-27)22-51(39(28)56)30-10-11-32(53)46-37(30)55/h8-9,12-13,18-21,23,30H,4-7,10-11,14-17,22H2,1-3H3,(H2,44,45,57)(H,46,53,55). The first kappa shape index (κ1) is 38.6. The highest BCUT2D eigenvalue weighted by molar-refractivity contribution is 7.14. The molecule has 0 aliphatic carbocycles. The van der Waals surface area contributed by atoms with Gasteiger partial charge in [-0.2, -0.15) is 5.10 Å². The van der Waals surface area contributed by atoms with Crippen molar-refractivity contribution >= 4 is 63.7 Å². The summed E-state index contributed by atoms with van der Waals surface area (Å²) in [5, 5.41) is 22.8. The number of aryl methyl sites for hydroxylation is 2. The van der Waals surface area contributed by atoms with Crippen LogP contribution in [0, 0.1) is 6.92 Å². The third kappa shape index (κ3) is 7.96. The minimum absolute atomic E-state index is 0.0984. The molecule has 0 saturated carbocycles. The minimum Gasteiger partial charge on any atom is -0.368 e. The number of fused-ring (bicyclic) bond motifs is 2. The number of pyridine rings is 1. The first-order valence-electron chi connectivity index (χ1n) is 19.5. The van der Waals surface area contributed by atoms with Crippen molar-refractivity contribution in [1.82, 2.24) is 44.9 Å². The van der Waals surface area contributed by atoms with Crippen LogP contribution in [0.15, 0.2) is 48.9 Å². The van der Waals surface area contributed by atoms with Gasteiger partial charge in [0.05, 0.1) is 35.7 Å². The van der Waals surface area contributed by atoms with Crippen LogP contribution in [0.4, 0.5) is 21.9 Å². The summed E-state index contributed by atoms with van der Waals surface area (Å²) in [6.07, 6.45) is 8.16. The van der Waals surface area contributed by atoms with Crippen molar-refractivity contribution in [3.8, 4) is 10.7 Å². The van der Waals surface area contributed by atoms with E-state index in [1.165, 1.54) is 11.3 Å². The zero-order chi connectivity index (χ0) is 40.5. The molecule has 17 nitrogen and oxygen atoms in total. The van der Waals surface area contributed by atoms with Gasteiger partial charge in [0, 0.05) is 69.3 Å². The number of aromatic nitrogens is 6. The second-order valence-corrected chi connectivity index (χ2v) is 16.2. The molecule has 7 heterocycles. The first-order valence-corrected chi connectivity index (χ1v) is 20.3. The number of piperidine rings is 1. The summed E-state index contributed by atoms with van der Waals surface area (Å²) in [6, 6.07) is 8.35. The predicted molar refractivity (Wildman–Crippen MR) is 216 cm³/mol. The molecule has 3 N–H and O–H groups in total. The van der Waals surface area contributed by atoms with Crippen molar-refractivity contribution in [1.29, 1.82) is 0 Å². The lowest BCUT2D eigenvalue weighted by molar-refractivity contribution is -0.137. The maximum atomic E-state index is 13.1. The van der Waals surface area contributed by atoms with Gasteiger partial charge >= 0.3 is 6.03 Å². The third-order valence-electron chi connectivity index (χ3n) is 10.8. The van der Waals surface area contributed by atoms with E-state index in [9.17, 15) is 24.0 Å². The fourth-order valence-electron chi connectivity index (χ4n) is 7.83. The molecule has 8 rings (SSSR count). The number of urea groups is 1. The number of piperazine rings is 1. The highest BCUT2D eigenvalue weighted by Gasteiger charge is 2.39. The molecule has 0 bridgehead atoms. The molecule has 18 heteroatoms. The number of carbonyl (C=O) groups is 5. The highest BCUT2D eigenvalue weighted by atomic mass is 32.1. The average molecular weight is 805 g/mol. The lowest BCUT2D eigenvalue weighted by Crippen LogP contribution is -2.52. The smallest absolute Gasteiger partial charge is 0.323 e. The van der Waals surface area contributed by atoms with E-state index >= 15 is 0 Å². The molecule has 5 aromatic rings. The Bertz CT molecular complexity index is 2420. The van der Waals surface area contributed by atoms with Crippen LogP contribution in [-0.2, 0) is 27.3 Å². The summed E-state index contributed by atoms with van der Waals surface area (Å²) in [5.41, 5.74) is 6.65. The minimum atomic E-state index is -0.642. The predicted octanol–water partition coefficient (Wildman–Crippen LogP) is 4.54. The van der Waals surface area contributed by atoms with Crippen LogP contribution in [0.5, 0.6) is 0 Å². The summed E-state index contributed by atoms with van der Waals surface area (Å²) in [7, 11) is 0. The molecule has 3 aliphatic heterocycles. The summed E-state index contributed by atoms with van der Waals surface area (Å²) >= 11 is 1.48. The van der Waals surface area contributed by atoms with Crippen molar-refractivity contribution in [3.63, 3.8) is 0 Å². The van der Waals surface area contributed by atoms with E-state index in [1.807, 2.05) is 56.0 Å². The van der Waals surface area contributed by atoms with Crippen LogP contribution in [0.3, 0.4) is 0 Å². The summed E-state index contributed by atoms with van der Waals surface area (Å²) < 4.78 is 1.73. The Morgan fingerprint density at radius 3 is 2.59 bits per heavy atom. The van der Waals surface area contributed by atoms with Gasteiger partial charge in [-0.25, -0.2) is 14.3 Å². The number of benzene rings is 1. The Balaban J connectivity index is 0.774. The van der Waals surface area contributed by atoms with Crippen LogP contribution in [-0.4, -0.2) is 101 Å². The molecule has 0 spiro atoms. The van der Waals surface area contributed by atoms with Gasteiger partial charge in [0.2, 0.25) is 17.7 Å². The molecule has 4 aromatic heterocycles. The molecule has 2 saturated heterocycles. The number of anilines is 3. The number of imide groups is 1. The Labute approximate surface area is 338 Å². The molecule has 300 valence electrons. The number of hydrogen-bond acceptors (Lipinski definition) is 12. The Hall–Kier alpha value is -6.30. The fourth-order valence-corrected chi connectivity index (χ4v) is 8.77. The van der Waals surface area contributed by atoms with Gasteiger partial charge < -0.3 is 25.3 Å². The molecular weight excluding hydrogens is 761 g/mol. The van der Waals surface area contributed by atoms with Crippen molar-refractivity contribution in [2.45, 2.75) is 77.8 Å². The molecule has 1 unspecified atom stereocenters. The topological polar surface area (TPSA) is 200 Å². The summed E-state index contributed by atoms with van der Waals surface area (Å²) in [5.74, 6) is -0.679. The van der Waals surface area contributed by atoms with Crippen molar-refractivity contribution < 1.29 is 24.0 Å². The second kappa shape index (κ2) is 16.3. The second-order valence-electron chi connectivity index (χ2n) is 15.1. The quantitative estimate of drug-likeness (QED) is 0.125. The lowest BCUT2D eigenvalue weighted by atomic mass is 10.0. The highest BCUT2D eigenvalue weighted by Crippen LogP contribution is 2.32. The summed E-state index contributed by atoms with van der Waals surface area (Å²) in [4.78, 5) is 77.8. The summed E-state index contributed by atoms with van der Waals surface area (Å²) in [6.45, 7) is 8.90. The van der Waals surface area contributed by atoms with Crippen molar-refractivity contribution in [3.05, 3.63) is 76.3 Å². The monoisotopic (exact) mass is 804 g/mol. The van der Waals surface area contributed by atoms with Crippen molar-refractivity contribution in [2.75, 3.05) is 41.7 Å². The first-order chi connectivity index (χ1) is 28.0. The number of amides is 6. The number of nitrogens with zero attached hydrogens (tertiary/aromatic N) is 9. The van der Waals surface area contributed by atoms with E-state index in [0.717, 1.165) is 40.4 Å². The molecule has 1 atom stereocenters. The molecular formula is C40H44N12O5S. The zero-order valence-electron chi connectivity index (χ0n) is 32.5. The molecule has 0 radical (unpaired) electrons. The molecule has 1 aromatic carbocycles. The Morgan fingerprint density at radius 1 is 0.983 bits per heavy atom. The maximum Gasteiger partial charge on any atom is 0.323 e. The molecule has 6 amide bonds. The van der Waals surface area contributed by atoms with Gasteiger partial charge in [-0.05, 0) is 67.5 Å². The number of carbonyl (C=O) groups excluding carboxylic acids is 5. The van der Waals surface area contributed by atoms with E-state index < -0.39 is 18.0 Å². The largest absolute Gasteiger partial charge is 0.368 e. The van der Waals surface area contributed by atoms with E-state index in [-0.39, 0.29) is 30.1 Å². The Morgan fingerprint density at radius 2 is 1.81 bits per heavy atom. The molecule has 58 heavy (non-hydrogen) atoms. The van der Waals surface area contributed by atoms with Crippen LogP contribution in [0.2, 0.25) is 0 Å². The van der Waals surface area contributed by atoms with Gasteiger partial charge in [0.25, 0.3) is 5.91 Å². The van der Waals surface area contributed by atoms with Crippen LogP contribution < -0.4 is 20.9 Å². The van der Waals surface area contributed by atoms with E-state index in [0.29, 0.717) is 85.3 Å². The third-order valence-corrected chi connectivity index (χ3v) is 11.8. The number of nitrogens with one attached hydrogen (secondary N) is 3. The van der Waals surface area contributed by atoms with Gasteiger partial charge in [-0.15, -0.1) is 10.2 Å². The fraction of sp³-hybridized carbons (Fsp3) is 0.400. The van der Waals surface area contributed by atoms with Crippen LogP contribution in [0.1, 0.15) is 84.1 Å². The zero-order valence-corrected chi connectivity index (χ0v) is 33.3. The maximum absolute atomic E-state index is 13.1. The van der Waals surface area contributed by atoms with Gasteiger partial charge in [0.15, 0.2) is 10.7 Å². The van der Waals surface area contributed by atoms with E-state index in [2.05, 4.69) is 46.1 Å². The van der Waals surface area contributed by atoms with E-state index in [1.54, 1.807) is 28.0 Å². The average Bonchev–Trinajstić information content (AvgIpc) is 3.95. The van der Waals surface area contributed by atoms with Crippen LogP contribution in [0.25, 0.3) is 16.3 Å². The Kier molecular flexibility index (Phi) is 10.8. The molecule has 2 fully saturated rings.